The Kier molecular flexibility index (Phi) is 6.41. The number of rotatable bonds is 0. The first kappa shape index (κ1) is 14.9. The summed E-state index contributed by atoms with van der Waals surface area (Å²) in [6.07, 6.45) is 0. The molecule has 0 aromatic heterocycles. The van der Waals surface area contributed by atoms with Crippen molar-refractivity contribution < 1.29 is 9.47 Å². The van der Waals surface area contributed by atoms with E-state index in [9.17, 15) is 0 Å². The van der Waals surface area contributed by atoms with Crippen LogP contribution in [0.4, 0.5) is 0 Å². The molecule has 0 bridgehead atoms. The lowest BCUT2D eigenvalue weighted by Crippen LogP contribution is -2.46. The normalized spacial score (nSPS) is 36.2. The summed E-state index contributed by atoms with van der Waals surface area (Å²) in [7, 11) is 4.28. The van der Waals surface area contributed by atoms with Gasteiger partial charge in [-0.15, -0.1) is 0 Å². The Morgan fingerprint density at radius 3 is 1.71 bits per heavy atom. The van der Waals surface area contributed by atoms with Crippen molar-refractivity contribution in [3.63, 3.8) is 0 Å². The molecule has 2 aliphatic heterocycles. The zero-order valence-electron chi connectivity index (χ0n) is 12.0. The highest BCUT2D eigenvalue weighted by molar-refractivity contribution is 4.73. The third kappa shape index (κ3) is 4.92. The van der Waals surface area contributed by atoms with E-state index in [1.165, 1.54) is 0 Å². The molecule has 0 aromatic carbocycles. The summed E-state index contributed by atoms with van der Waals surface area (Å²) >= 11 is 0. The number of ether oxygens (including phenoxy) is 2. The molecule has 2 fully saturated rings. The molecule has 2 heterocycles. The SMILES string of the molecule is CC1COC[C@H](C)N1C.C[C@H]1COCCN1C. The molecule has 0 aromatic rings. The average molecular weight is 244 g/mol. The molecular formula is C13H28N2O2. The molecule has 1 unspecified atom stereocenters. The van der Waals surface area contributed by atoms with Crippen LogP contribution >= 0.6 is 0 Å². The monoisotopic (exact) mass is 244 g/mol. The van der Waals surface area contributed by atoms with Gasteiger partial charge in [0.15, 0.2) is 0 Å². The minimum absolute atomic E-state index is 0.591. The molecule has 0 aliphatic carbocycles. The average Bonchev–Trinajstić information content (AvgIpc) is 2.31. The molecule has 102 valence electrons. The van der Waals surface area contributed by atoms with Crippen molar-refractivity contribution in [2.45, 2.75) is 38.9 Å². The molecule has 2 saturated heterocycles. The topological polar surface area (TPSA) is 24.9 Å². The highest BCUT2D eigenvalue weighted by atomic mass is 16.5. The van der Waals surface area contributed by atoms with Crippen LogP contribution in [-0.4, -0.2) is 75.0 Å². The second-order valence-corrected chi connectivity index (χ2v) is 5.31. The lowest BCUT2D eigenvalue weighted by molar-refractivity contribution is -0.0227. The van der Waals surface area contributed by atoms with Crippen molar-refractivity contribution in [1.82, 2.24) is 9.80 Å². The van der Waals surface area contributed by atoms with Crippen LogP contribution in [0, 0.1) is 0 Å². The molecule has 2 rings (SSSR count). The molecule has 0 radical (unpaired) electrons. The van der Waals surface area contributed by atoms with E-state index in [2.05, 4.69) is 44.7 Å². The van der Waals surface area contributed by atoms with Gasteiger partial charge in [0.05, 0.1) is 26.4 Å². The van der Waals surface area contributed by atoms with Crippen molar-refractivity contribution in [2.24, 2.45) is 0 Å². The van der Waals surface area contributed by atoms with Crippen LogP contribution in [0.3, 0.4) is 0 Å². The fourth-order valence-corrected chi connectivity index (χ4v) is 1.89. The number of hydrogen-bond donors (Lipinski definition) is 0. The van der Waals surface area contributed by atoms with Crippen LogP contribution in [0.2, 0.25) is 0 Å². The van der Waals surface area contributed by atoms with Crippen molar-refractivity contribution in [3.05, 3.63) is 0 Å². The van der Waals surface area contributed by atoms with Gasteiger partial charge in [-0.2, -0.15) is 0 Å². The highest BCUT2D eigenvalue weighted by Gasteiger charge is 2.20. The van der Waals surface area contributed by atoms with Gasteiger partial charge < -0.3 is 9.47 Å². The molecule has 0 spiro atoms. The van der Waals surface area contributed by atoms with Crippen molar-refractivity contribution in [2.75, 3.05) is 47.1 Å². The third-order valence-corrected chi connectivity index (χ3v) is 3.81. The summed E-state index contributed by atoms with van der Waals surface area (Å²) in [5, 5.41) is 0. The maximum absolute atomic E-state index is 5.32. The van der Waals surface area contributed by atoms with E-state index in [1.54, 1.807) is 0 Å². The summed E-state index contributed by atoms with van der Waals surface area (Å²) in [5.41, 5.74) is 0. The largest absolute Gasteiger partial charge is 0.379 e. The Morgan fingerprint density at radius 2 is 1.35 bits per heavy atom. The van der Waals surface area contributed by atoms with Crippen LogP contribution in [0.15, 0.2) is 0 Å². The first-order valence-electron chi connectivity index (χ1n) is 6.60. The van der Waals surface area contributed by atoms with Crippen molar-refractivity contribution in [3.8, 4) is 0 Å². The van der Waals surface area contributed by atoms with Gasteiger partial charge in [-0.05, 0) is 34.9 Å². The van der Waals surface area contributed by atoms with E-state index in [0.717, 1.165) is 33.0 Å². The van der Waals surface area contributed by atoms with E-state index >= 15 is 0 Å². The molecule has 0 N–H and O–H groups in total. The van der Waals surface area contributed by atoms with Gasteiger partial charge in [-0.25, -0.2) is 0 Å². The van der Waals surface area contributed by atoms with Gasteiger partial charge in [-0.3, -0.25) is 9.80 Å². The lowest BCUT2D eigenvalue weighted by Gasteiger charge is -2.35. The smallest absolute Gasteiger partial charge is 0.0619 e. The number of morpholine rings is 2. The molecule has 3 atom stereocenters. The van der Waals surface area contributed by atoms with Gasteiger partial charge in [0, 0.05) is 24.7 Å². The zero-order chi connectivity index (χ0) is 12.8. The number of hydrogen-bond acceptors (Lipinski definition) is 4. The Hall–Kier alpha value is -0.160. The van der Waals surface area contributed by atoms with Crippen LogP contribution < -0.4 is 0 Å². The second-order valence-electron chi connectivity index (χ2n) is 5.31. The molecule has 4 nitrogen and oxygen atoms in total. The van der Waals surface area contributed by atoms with E-state index < -0.39 is 0 Å². The Bertz CT molecular complexity index is 194. The molecule has 2 aliphatic rings. The predicted octanol–water partition coefficient (Wildman–Crippen LogP) is 1.06. The van der Waals surface area contributed by atoms with Crippen LogP contribution in [0.5, 0.6) is 0 Å². The van der Waals surface area contributed by atoms with Gasteiger partial charge in [0.25, 0.3) is 0 Å². The third-order valence-electron chi connectivity index (χ3n) is 3.81. The van der Waals surface area contributed by atoms with Crippen LogP contribution in [0.1, 0.15) is 20.8 Å². The molecule has 0 amide bonds. The van der Waals surface area contributed by atoms with Gasteiger partial charge in [-0.1, -0.05) is 0 Å². The summed E-state index contributed by atoms with van der Waals surface area (Å²) in [4.78, 5) is 4.66. The zero-order valence-corrected chi connectivity index (χ0v) is 12.0. The van der Waals surface area contributed by atoms with Crippen molar-refractivity contribution >= 4 is 0 Å². The van der Waals surface area contributed by atoms with E-state index in [4.69, 9.17) is 9.47 Å². The van der Waals surface area contributed by atoms with Crippen LogP contribution in [-0.2, 0) is 9.47 Å². The Labute approximate surface area is 106 Å². The summed E-state index contributed by atoms with van der Waals surface area (Å²) < 4.78 is 10.5. The summed E-state index contributed by atoms with van der Waals surface area (Å²) in [6, 6.07) is 1.80. The lowest BCUT2D eigenvalue weighted by atomic mass is 10.2. The summed E-state index contributed by atoms with van der Waals surface area (Å²) in [6.45, 7) is 11.2. The van der Waals surface area contributed by atoms with Gasteiger partial charge in [0.2, 0.25) is 0 Å². The van der Waals surface area contributed by atoms with E-state index in [1.807, 2.05) is 0 Å². The molecular weight excluding hydrogens is 216 g/mol. The quantitative estimate of drug-likeness (QED) is 0.636. The minimum Gasteiger partial charge on any atom is -0.379 e. The molecule has 4 heteroatoms. The first-order valence-corrected chi connectivity index (χ1v) is 6.60. The standard InChI is InChI=1S/C7H15NO.C6H13NO/c1-6-4-9-5-7(2)8(6)3;1-6-5-8-4-3-7(6)2/h6-7H,4-5H2,1-3H3;6H,3-5H2,1-2H3/t6-,7?;6-/m00/s1. The molecule has 0 saturated carbocycles. The number of nitrogens with zero attached hydrogens (tertiary/aromatic N) is 2. The number of likely N-dealkylation sites (N-methyl/N-ethyl adjacent to an activating group) is 2. The highest BCUT2D eigenvalue weighted by Crippen LogP contribution is 2.08. The van der Waals surface area contributed by atoms with Gasteiger partial charge >= 0.3 is 0 Å². The van der Waals surface area contributed by atoms with Gasteiger partial charge in [0.1, 0.15) is 0 Å². The summed E-state index contributed by atoms with van der Waals surface area (Å²) in [5.74, 6) is 0. The predicted molar refractivity (Wildman–Crippen MR) is 70.4 cm³/mol. The van der Waals surface area contributed by atoms with E-state index in [-0.39, 0.29) is 0 Å². The molecule has 17 heavy (non-hydrogen) atoms. The maximum Gasteiger partial charge on any atom is 0.0619 e. The second kappa shape index (κ2) is 7.31. The minimum atomic E-state index is 0.591. The first-order chi connectivity index (χ1) is 8.02. The Balaban J connectivity index is 0.000000171. The van der Waals surface area contributed by atoms with E-state index in [0.29, 0.717) is 18.1 Å². The Morgan fingerprint density at radius 1 is 0.824 bits per heavy atom. The fourth-order valence-electron chi connectivity index (χ4n) is 1.89. The van der Waals surface area contributed by atoms with Crippen molar-refractivity contribution in [1.29, 1.82) is 0 Å². The fraction of sp³-hybridized carbons (Fsp3) is 1.00. The maximum atomic E-state index is 5.32. The van der Waals surface area contributed by atoms with Crippen LogP contribution in [0.25, 0.3) is 0 Å².